The number of rotatable bonds is 5. The van der Waals surface area contributed by atoms with Gasteiger partial charge in [0.15, 0.2) is 0 Å². The zero-order valence-corrected chi connectivity index (χ0v) is 9.17. The third-order valence-corrected chi connectivity index (χ3v) is 2.52. The number of hydrogen-bond donors (Lipinski definition) is 2. The maximum absolute atomic E-state index is 11.6. The van der Waals surface area contributed by atoms with Crippen molar-refractivity contribution in [1.82, 2.24) is 10.6 Å². The average molecular weight is 200 g/mol. The van der Waals surface area contributed by atoms with Gasteiger partial charge in [0, 0.05) is 6.04 Å². The normalized spacial score (nSPS) is 21.1. The summed E-state index contributed by atoms with van der Waals surface area (Å²) in [4.78, 5) is 11.6. The predicted octanol–water partition coefficient (Wildman–Crippen LogP) is 0.278. The molecule has 4 heteroatoms. The molecule has 82 valence electrons. The summed E-state index contributed by atoms with van der Waals surface area (Å²) in [6.07, 6.45) is 0.963. The molecule has 1 fully saturated rings. The van der Waals surface area contributed by atoms with Gasteiger partial charge in [-0.3, -0.25) is 10.1 Å². The number of amides is 1. The van der Waals surface area contributed by atoms with Crippen molar-refractivity contribution in [2.45, 2.75) is 45.3 Å². The Balaban J connectivity index is 2.21. The van der Waals surface area contributed by atoms with Crippen LogP contribution in [0.3, 0.4) is 0 Å². The maximum Gasteiger partial charge on any atom is 0.237 e. The topological polar surface area (TPSA) is 50.4 Å². The summed E-state index contributed by atoms with van der Waals surface area (Å²) in [6, 6.07) is 0.481. The zero-order chi connectivity index (χ0) is 10.6. The van der Waals surface area contributed by atoms with Gasteiger partial charge in [-0.05, 0) is 20.3 Å². The van der Waals surface area contributed by atoms with Crippen LogP contribution in [0.2, 0.25) is 0 Å². The van der Waals surface area contributed by atoms with Gasteiger partial charge in [-0.2, -0.15) is 0 Å². The molecular weight excluding hydrogens is 180 g/mol. The van der Waals surface area contributed by atoms with Gasteiger partial charge in [-0.25, -0.2) is 0 Å². The summed E-state index contributed by atoms with van der Waals surface area (Å²) >= 11 is 0. The molecule has 1 amide bonds. The molecule has 0 saturated carbocycles. The van der Waals surface area contributed by atoms with Crippen molar-refractivity contribution in [3.8, 4) is 0 Å². The minimum atomic E-state index is -0.127. The summed E-state index contributed by atoms with van der Waals surface area (Å²) < 4.78 is 5.02. The van der Waals surface area contributed by atoms with Crippen molar-refractivity contribution in [1.29, 1.82) is 0 Å². The van der Waals surface area contributed by atoms with E-state index in [0.29, 0.717) is 6.04 Å². The Morgan fingerprint density at radius 1 is 1.50 bits per heavy atom. The molecule has 2 unspecified atom stereocenters. The SMILES string of the molecule is CCC(C)NC(=O)C(C)NC1COC1. The van der Waals surface area contributed by atoms with Crippen LogP contribution in [0, 0.1) is 0 Å². The first-order chi connectivity index (χ1) is 6.63. The fourth-order valence-corrected chi connectivity index (χ4v) is 1.23. The fraction of sp³-hybridized carbons (Fsp3) is 0.900. The quantitative estimate of drug-likeness (QED) is 0.670. The van der Waals surface area contributed by atoms with Crippen LogP contribution < -0.4 is 10.6 Å². The number of nitrogens with one attached hydrogen (secondary N) is 2. The van der Waals surface area contributed by atoms with Crippen molar-refractivity contribution < 1.29 is 9.53 Å². The van der Waals surface area contributed by atoms with Gasteiger partial charge in [-0.1, -0.05) is 6.92 Å². The molecule has 0 bridgehead atoms. The van der Waals surface area contributed by atoms with Crippen LogP contribution in [0.15, 0.2) is 0 Å². The second-order valence-electron chi connectivity index (χ2n) is 3.94. The Morgan fingerprint density at radius 3 is 2.57 bits per heavy atom. The van der Waals surface area contributed by atoms with Crippen molar-refractivity contribution in [2.24, 2.45) is 0 Å². The molecule has 1 heterocycles. The molecule has 0 aromatic rings. The Hall–Kier alpha value is -0.610. The van der Waals surface area contributed by atoms with E-state index in [-0.39, 0.29) is 18.0 Å². The molecule has 2 atom stereocenters. The van der Waals surface area contributed by atoms with Crippen LogP contribution in [0.1, 0.15) is 27.2 Å². The molecule has 1 saturated heterocycles. The Bertz CT molecular complexity index is 193. The highest BCUT2D eigenvalue weighted by Gasteiger charge is 2.23. The molecule has 0 aliphatic carbocycles. The van der Waals surface area contributed by atoms with Gasteiger partial charge in [0.25, 0.3) is 0 Å². The third kappa shape index (κ3) is 3.27. The molecule has 14 heavy (non-hydrogen) atoms. The van der Waals surface area contributed by atoms with Gasteiger partial charge < -0.3 is 10.1 Å². The minimum Gasteiger partial charge on any atom is -0.378 e. The van der Waals surface area contributed by atoms with E-state index >= 15 is 0 Å². The highest BCUT2D eigenvalue weighted by molar-refractivity contribution is 5.81. The van der Waals surface area contributed by atoms with E-state index in [4.69, 9.17) is 4.74 Å². The second-order valence-corrected chi connectivity index (χ2v) is 3.94. The first-order valence-corrected chi connectivity index (χ1v) is 5.27. The molecule has 0 radical (unpaired) electrons. The molecule has 1 aliphatic rings. The first kappa shape index (κ1) is 11.5. The van der Waals surface area contributed by atoms with Crippen molar-refractivity contribution >= 4 is 5.91 Å². The summed E-state index contributed by atoms with van der Waals surface area (Å²) in [7, 11) is 0. The molecule has 0 aromatic heterocycles. The monoisotopic (exact) mass is 200 g/mol. The zero-order valence-electron chi connectivity index (χ0n) is 9.17. The molecule has 2 N–H and O–H groups in total. The van der Waals surface area contributed by atoms with Gasteiger partial charge in [0.2, 0.25) is 5.91 Å². The lowest BCUT2D eigenvalue weighted by Gasteiger charge is -2.30. The lowest BCUT2D eigenvalue weighted by atomic mass is 10.2. The summed E-state index contributed by atoms with van der Waals surface area (Å²) in [5, 5.41) is 6.15. The summed E-state index contributed by atoms with van der Waals surface area (Å²) in [6.45, 7) is 7.40. The van der Waals surface area contributed by atoms with E-state index < -0.39 is 0 Å². The summed E-state index contributed by atoms with van der Waals surface area (Å²) in [5.74, 6) is 0.0752. The first-order valence-electron chi connectivity index (χ1n) is 5.27. The number of ether oxygens (including phenoxy) is 1. The molecule has 0 spiro atoms. The Kier molecular flexibility index (Phi) is 4.35. The van der Waals surface area contributed by atoms with Crippen LogP contribution >= 0.6 is 0 Å². The number of hydrogen-bond acceptors (Lipinski definition) is 3. The Morgan fingerprint density at radius 2 is 2.14 bits per heavy atom. The van der Waals surface area contributed by atoms with Crippen molar-refractivity contribution in [3.05, 3.63) is 0 Å². The second kappa shape index (κ2) is 5.32. The largest absolute Gasteiger partial charge is 0.378 e. The van der Waals surface area contributed by atoms with Crippen molar-refractivity contribution in [2.75, 3.05) is 13.2 Å². The third-order valence-electron chi connectivity index (χ3n) is 2.52. The fourth-order valence-electron chi connectivity index (χ4n) is 1.23. The summed E-state index contributed by atoms with van der Waals surface area (Å²) in [5.41, 5.74) is 0. The van der Waals surface area contributed by atoms with Gasteiger partial charge in [-0.15, -0.1) is 0 Å². The lowest BCUT2D eigenvalue weighted by molar-refractivity contribution is -0.124. The van der Waals surface area contributed by atoms with Gasteiger partial charge >= 0.3 is 0 Å². The van der Waals surface area contributed by atoms with E-state index in [1.54, 1.807) is 0 Å². The predicted molar refractivity (Wildman–Crippen MR) is 55.1 cm³/mol. The number of carbonyl (C=O) groups is 1. The van der Waals surface area contributed by atoms with E-state index in [1.165, 1.54) is 0 Å². The molecule has 0 aromatic carbocycles. The molecule has 1 aliphatic heterocycles. The van der Waals surface area contributed by atoms with E-state index in [0.717, 1.165) is 19.6 Å². The van der Waals surface area contributed by atoms with Gasteiger partial charge in [0.1, 0.15) is 0 Å². The Labute approximate surface area is 85.4 Å². The standard InChI is InChI=1S/C10H20N2O2/c1-4-7(2)11-10(13)8(3)12-9-5-14-6-9/h7-9,12H,4-6H2,1-3H3,(H,11,13). The van der Waals surface area contributed by atoms with Crippen LogP contribution in [0.25, 0.3) is 0 Å². The highest BCUT2D eigenvalue weighted by Crippen LogP contribution is 2.01. The molecule has 1 rings (SSSR count). The molecule has 4 nitrogen and oxygen atoms in total. The maximum atomic E-state index is 11.6. The van der Waals surface area contributed by atoms with Crippen molar-refractivity contribution in [3.63, 3.8) is 0 Å². The van der Waals surface area contributed by atoms with Crippen LogP contribution in [-0.4, -0.2) is 37.2 Å². The van der Waals surface area contributed by atoms with Crippen LogP contribution in [0.4, 0.5) is 0 Å². The smallest absolute Gasteiger partial charge is 0.237 e. The van der Waals surface area contributed by atoms with E-state index in [1.807, 2.05) is 13.8 Å². The van der Waals surface area contributed by atoms with Crippen LogP contribution in [0.5, 0.6) is 0 Å². The minimum absolute atomic E-state index is 0.0752. The molecular formula is C10H20N2O2. The average Bonchev–Trinajstić information content (AvgIpc) is 2.10. The number of carbonyl (C=O) groups excluding carboxylic acids is 1. The van der Waals surface area contributed by atoms with Gasteiger partial charge in [0.05, 0.1) is 25.3 Å². The lowest BCUT2D eigenvalue weighted by Crippen LogP contribution is -2.54. The van der Waals surface area contributed by atoms with E-state index in [2.05, 4.69) is 17.6 Å². The highest BCUT2D eigenvalue weighted by atomic mass is 16.5. The van der Waals surface area contributed by atoms with E-state index in [9.17, 15) is 4.79 Å². The van der Waals surface area contributed by atoms with Crippen LogP contribution in [-0.2, 0) is 9.53 Å².